The van der Waals surface area contributed by atoms with Gasteiger partial charge in [0.2, 0.25) is 7.85 Å². The maximum atomic E-state index is 12.9. The molecule has 0 fully saturated rings. The Bertz CT molecular complexity index is 870. The molecule has 4 nitrogen and oxygen atoms in total. The number of rotatable bonds is 4. The van der Waals surface area contributed by atoms with E-state index < -0.39 is 6.01 Å². The molecule has 0 amide bonds. The molecule has 24 heavy (non-hydrogen) atoms. The lowest BCUT2D eigenvalue weighted by molar-refractivity contribution is -0.0972. The van der Waals surface area contributed by atoms with E-state index in [1.807, 2.05) is 16.7 Å². The van der Waals surface area contributed by atoms with Crippen LogP contribution >= 0.6 is 0 Å². The number of imidazole rings is 1. The zero-order chi connectivity index (χ0) is 17.5. The Labute approximate surface area is 141 Å². The van der Waals surface area contributed by atoms with Crippen molar-refractivity contribution >= 4 is 29.2 Å². The van der Waals surface area contributed by atoms with Gasteiger partial charge in [0, 0.05) is 11.8 Å². The number of fused-ring (bicyclic) bond motifs is 1. The summed E-state index contributed by atoms with van der Waals surface area (Å²) in [6, 6.07) is 5.13. The number of hydrogen-bond donors (Lipinski definition) is 0. The zero-order valence-electron chi connectivity index (χ0n) is 14.0. The number of nitrogens with zero attached hydrogens (tertiary/aromatic N) is 3. The van der Waals surface area contributed by atoms with Crippen LogP contribution in [0.3, 0.4) is 0 Å². The van der Waals surface area contributed by atoms with Crippen molar-refractivity contribution in [1.82, 2.24) is 14.4 Å². The highest BCUT2D eigenvalue weighted by Crippen LogP contribution is 2.26. The van der Waals surface area contributed by atoms with E-state index in [0.717, 1.165) is 22.6 Å². The molecule has 120 valence electrons. The van der Waals surface area contributed by atoms with Crippen LogP contribution in [-0.2, 0) is 5.21 Å². The van der Waals surface area contributed by atoms with E-state index in [0.29, 0.717) is 7.85 Å². The van der Waals surface area contributed by atoms with Crippen molar-refractivity contribution in [2.24, 2.45) is 0 Å². The van der Waals surface area contributed by atoms with Gasteiger partial charge in [0.05, 0.1) is 11.4 Å². The van der Waals surface area contributed by atoms with Gasteiger partial charge in [-0.05, 0) is 35.5 Å². The second-order valence-electron chi connectivity index (χ2n) is 6.82. The number of hydrogen-bond acceptors (Lipinski definition) is 3. The molecule has 2 heterocycles. The van der Waals surface area contributed by atoms with Crippen LogP contribution in [0.2, 0.25) is 0 Å². The van der Waals surface area contributed by atoms with Crippen LogP contribution in [0.5, 0.6) is 5.75 Å². The minimum Gasteiger partial charge on any atom is -0.441 e. The number of aromatic nitrogens is 3. The fraction of sp³-hybridized carbons (Fsp3) is 0.200. The van der Waals surface area contributed by atoms with Crippen LogP contribution in [0.25, 0.3) is 16.9 Å². The Balaban J connectivity index is 1.97. The van der Waals surface area contributed by atoms with E-state index in [4.69, 9.17) is 0 Å². The molecule has 0 N–H and O–H groups in total. The Hall–Kier alpha value is -2.31. The highest BCUT2D eigenvalue weighted by atomic mass is 19.3. The van der Waals surface area contributed by atoms with Crippen LogP contribution in [0.1, 0.15) is 12.6 Å². The highest BCUT2D eigenvalue weighted by molar-refractivity contribution is 6.40. The predicted octanol–water partition coefficient (Wildman–Crippen LogP) is 0.397. The number of alkyl halides is 2. The van der Waals surface area contributed by atoms with Crippen LogP contribution in [0.15, 0.2) is 42.9 Å². The Morgan fingerprint density at radius 3 is 2.33 bits per heavy atom. The quantitative estimate of drug-likeness (QED) is 0.652. The summed E-state index contributed by atoms with van der Waals surface area (Å²) < 4.78 is 32.2. The van der Waals surface area contributed by atoms with Gasteiger partial charge in [0.25, 0.3) is 0 Å². The van der Waals surface area contributed by atoms with Crippen LogP contribution in [0.4, 0.5) is 8.78 Å². The Kier molecular flexibility index (Phi) is 3.90. The maximum absolute atomic E-state index is 12.9. The van der Waals surface area contributed by atoms with Crippen LogP contribution in [-0.4, -0.2) is 43.9 Å². The summed E-state index contributed by atoms with van der Waals surface area (Å²) >= 11 is 0. The first kappa shape index (κ1) is 16.5. The first-order chi connectivity index (χ1) is 11.1. The molecule has 0 bridgehead atoms. The Morgan fingerprint density at radius 2 is 1.75 bits per heavy atom. The molecule has 0 saturated carbocycles. The normalized spacial score (nSPS) is 12.5. The largest absolute Gasteiger partial charge is 0.441 e. The standard InChI is InChI=1S/C15H16B3F2N3O/c1-14(16,17)12-13-22-11(6-7-23(13)8-21-12)9-2-4-10(5-3-9)24-15(18,19)20/h2-8H,16-18H2,1H3. The first-order valence-electron chi connectivity index (χ1n) is 7.65. The molecule has 3 aromatic rings. The van der Waals surface area contributed by atoms with Crippen molar-refractivity contribution in [2.75, 3.05) is 0 Å². The number of halogens is 2. The molecule has 0 atom stereocenters. The number of ether oxygens (including phenoxy) is 1. The van der Waals surface area contributed by atoms with E-state index in [1.54, 1.807) is 18.5 Å². The molecule has 0 aliphatic heterocycles. The van der Waals surface area contributed by atoms with Gasteiger partial charge in [-0.15, -0.1) is 0 Å². The second kappa shape index (κ2) is 5.65. The lowest BCUT2D eigenvalue weighted by Crippen LogP contribution is -2.24. The molecule has 0 unspecified atom stereocenters. The second-order valence-corrected chi connectivity index (χ2v) is 6.82. The van der Waals surface area contributed by atoms with E-state index in [2.05, 4.69) is 37.3 Å². The van der Waals surface area contributed by atoms with Gasteiger partial charge in [-0.25, -0.2) is 9.97 Å². The number of benzene rings is 1. The lowest BCUT2D eigenvalue weighted by atomic mass is 9.54. The van der Waals surface area contributed by atoms with Gasteiger partial charge in [0.15, 0.2) is 5.65 Å². The van der Waals surface area contributed by atoms with Crippen molar-refractivity contribution < 1.29 is 13.5 Å². The van der Waals surface area contributed by atoms with Gasteiger partial charge >= 0.3 is 6.01 Å². The molecule has 0 aliphatic carbocycles. The molecule has 0 radical (unpaired) electrons. The zero-order valence-corrected chi connectivity index (χ0v) is 14.0. The average molecular weight is 325 g/mol. The van der Waals surface area contributed by atoms with Crippen molar-refractivity contribution in [3.8, 4) is 17.0 Å². The van der Waals surface area contributed by atoms with Crippen LogP contribution < -0.4 is 4.74 Å². The van der Waals surface area contributed by atoms with E-state index in [1.165, 1.54) is 12.1 Å². The highest BCUT2D eigenvalue weighted by Gasteiger charge is 2.23. The van der Waals surface area contributed by atoms with Gasteiger partial charge in [-0.1, -0.05) is 6.92 Å². The monoisotopic (exact) mass is 325 g/mol. The fourth-order valence-electron chi connectivity index (χ4n) is 2.47. The fourth-order valence-corrected chi connectivity index (χ4v) is 2.47. The molecule has 0 spiro atoms. The van der Waals surface area contributed by atoms with Crippen molar-refractivity contribution in [1.29, 1.82) is 0 Å². The third-order valence-electron chi connectivity index (χ3n) is 3.54. The molecular weight excluding hydrogens is 309 g/mol. The van der Waals surface area contributed by atoms with E-state index >= 15 is 0 Å². The van der Waals surface area contributed by atoms with Crippen LogP contribution in [0, 0.1) is 0 Å². The van der Waals surface area contributed by atoms with Crippen molar-refractivity contribution in [2.45, 2.75) is 18.1 Å². The summed E-state index contributed by atoms with van der Waals surface area (Å²) in [5.41, 5.74) is 3.28. The first-order valence-corrected chi connectivity index (χ1v) is 7.65. The minimum absolute atomic E-state index is 0.118. The third kappa shape index (κ3) is 3.45. The summed E-state index contributed by atoms with van der Waals surface area (Å²) in [5.74, 6) is 0.118. The smallest absolute Gasteiger partial charge is 0.342 e. The molecule has 0 aliphatic rings. The summed E-state index contributed by atoms with van der Waals surface area (Å²) in [6.45, 7) is 2.08. The Morgan fingerprint density at radius 1 is 1.08 bits per heavy atom. The van der Waals surface area contributed by atoms with Crippen molar-refractivity contribution in [3.63, 3.8) is 0 Å². The molecule has 2 aromatic heterocycles. The average Bonchev–Trinajstić information content (AvgIpc) is 2.89. The molecule has 0 saturated heterocycles. The van der Waals surface area contributed by atoms with E-state index in [-0.39, 0.29) is 11.0 Å². The summed E-state index contributed by atoms with van der Waals surface area (Å²) in [7, 11) is 4.88. The summed E-state index contributed by atoms with van der Waals surface area (Å²) in [6.07, 6.45) is 3.64. The molecule has 1 aromatic carbocycles. The molecule has 9 heteroatoms. The summed E-state index contributed by atoms with van der Waals surface area (Å²) in [4.78, 5) is 9.14. The third-order valence-corrected chi connectivity index (χ3v) is 3.54. The van der Waals surface area contributed by atoms with Gasteiger partial charge in [0.1, 0.15) is 27.8 Å². The van der Waals surface area contributed by atoms with Crippen molar-refractivity contribution in [3.05, 3.63) is 48.5 Å². The SMILES string of the molecule is BC(F)(F)Oc1ccc(-c2ccn3cnc(C(B)(B)C)c3n2)cc1. The van der Waals surface area contributed by atoms with Gasteiger partial charge < -0.3 is 4.74 Å². The minimum atomic E-state index is -3.20. The van der Waals surface area contributed by atoms with Gasteiger partial charge in [-0.2, -0.15) is 8.78 Å². The van der Waals surface area contributed by atoms with E-state index in [9.17, 15) is 8.78 Å². The summed E-state index contributed by atoms with van der Waals surface area (Å²) in [5, 5.41) is -0.120. The maximum Gasteiger partial charge on any atom is 0.342 e. The predicted molar refractivity (Wildman–Crippen MR) is 97.0 cm³/mol. The lowest BCUT2D eigenvalue weighted by Gasteiger charge is -2.15. The molecular formula is C15H16B3F2N3O. The molecule has 3 rings (SSSR count). The van der Waals surface area contributed by atoms with Gasteiger partial charge in [-0.3, -0.25) is 4.40 Å². The topological polar surface area (TPSA) is 39.4 Å².